The molecule has 4 rings (SSSR count). The molecule has 0 spiro atoms. The first kappa shape index (κ1) is 21.8. The van der Waals surface area contributed by atoms with Crippen molar-refractivity contribution < 1.29 is 32.7 Å². The number of carboxylic acids is 1. The molecule has 2 amide bonds. The molecule has 7 nitrogen and oxygen atoms in total. The van der Waals surface area contributed by atoms with Gasteiger partial charge in [-0.25, -0.2) is 4.79 Å². The van der Waals surface area contributed by atoms with Crippen molar-refractivity contribution in [1.29, 1.82) is 0 Å². The average molecular weight is 425 g/mol. The first-order valence-electron chi connectivity index (χ1n) is 9.58. The van der Waals surface area contributed by atoms with Gasteiger partial charge in [0.2, 0.25) is 11.8 Å². The van der Waals surface area contributed by atoms with Crippen LogP contribution in [0.5, 0.6) is 0 Å². The molecule has 3 aliphatic rings. The van der Waals surface area contributed by atoms with Gasteiger partial charge >= 0.3 is 12.1 Å². The topological polar surface area (TPSA) is 90.8 Å². The molecule has 0 saturated carbocycles. The summed E-state index contributed by atoms with van der Waals surface area (Å²) in [6.07, 6.45) is 4.31. The highest BCUT2D eigenvalue weighted by atomic mass is 19.4. The number of hydrogen-bond acceptors (Lipinski definition) is 4. The Kier molecular flexibility index (Phi) is 6.42. The summed E-state index contributed by atoms with van der Waals surface area (Å²) in [5, 5.41) is 7.12. The first-order valence-corrected chi connectivity index (χ1v) is 9.58. The molecule has 2 fully saturated rings. The Morgan fingerprint density at radius 3 is 2.23 bits per heavy atom. The number of amides is 2. The molecule has 1 aromatic heterocycles. The van der Waals surface area contributed by atoms with Gasteiger partial charge in [0.1, 0.15) is 0 Å². The maximum atomic E-state index is 12.6. The minimum Gasteiger partial charge on any atom is -0.475 e. The van der Waals surface area contributed by atoms with Crippen molar-refractivity contribution in [3.8, 4) is 0 Å². The molecule has 1 aromatic rings. The molecule has 2 saturated heterocycles. The SMILES string of the molecule is O=C(C1CC=CC1)N1C[C@H]2CN(Cc3ccncc3)C(=O)[C@H]2C1.O=C(O)C(F)(F)F. The molecule has 0 unspecified atom stereocenters. The van der Waals surface area contributed by atoms with Crippen LogP contribution in [0, 0.1) is 17.8 Å². The molecule has 0 radical (unpaired) electrons. The summed E-state index contributed by atoms with van der Waals surface area (Å²) in [5.41, 5.74) is 1.11. The molecule has 162 valence electrons. The summed E-state index contributed by atoms with van der Waals surface area (Å²) in [6, 6.07) is 3.90. The van der Waals surface area contributed by atoms with Crippen LogP contribution in [0.3, 0.4) is 0 Å². The number of carboxylic acid groups (broad SMARTS) is 1. The summed E-state index contributed by atoms with van der Waals surface area (Å²) in [7, 11) is 0. The Morgan fingerprint density at radius 1 is 1.10 bits per heavy atom. The third kappa shape index (κ3) is 4.98. The molecule has 2 aliphatic heterocycles. The van der Waals surface area contributed by atoms with E-state index in [1.807, 2.05) is 21.9 Å². The normalized spacial score (nSPS) is 23.4. The maximum absolute atomic E-state index is 12.6. The third-order valence-electron chi connectivity index (χ3n) is 5.56. The van der Waals surface area contributed by atoms with E-state index in [4.69, 9.17) is 9.90 Å². The summed E-state index contributed by atoms with van der Waals surface area (Å²) >= 11 is 0. The number of aliphatic carboxylic acids is 1. The molecule has 0 bridgehead atoms. The molecule has 2 atom stereocenters. The zero-order valence-electron chi connectivity index (χ0n) is 16.1. The van der Waals surface area contributed by atoms with Crippen LogP contribution in [-0.2, 0) is 20.9 Å². The van der Waals surface area contributed by atoms with E-state index < -0.39 is 12.1 Å². The highest BCUT2D eigenvalue weighted by Crippen LogP contribution is 2.34. The van der Waals surface area contributed by atoms with E-state index in [0.717, 1.165) is 31.5 Å². The first-order chi connectivity index (χ1) is 14.2. The predicted molar refractivity (Wildman–Crippen MR) is 98.8 cm³/mol. The number of halogens is 3. The molecule has 1 aliphatic carbocycles. The third-order valence-corrected chi connectivity index (χ3v) is 5.56. The summed E-state index contributed by atoms with van der Waals surface area (Å²) in [4.78, 5) is 41.9. The molecular formula is C20H22F3N3O4. The Balaban J connectivity index is 0.000000318. The van der Waals surface area contributed by atoms with Crippen molar-refractivity contribution in [2.75, 3.05) is 19.6 Å². The van der Waals surface area contributed by atoms with Crippen molar-refractivity contribution in [3.05, 3.63) is 42.2 Å². The summed E-state index contributed by atoms with van der Waals surface area (Å²) in [6.45, 7) is 2.75. The van der Waals surface area contributed by atoms with Crippen molar-refractivity contribution in [3.63, 3.8) is 0 Å². The molecular weight excluding hydrogens is 403 g/mol. The summed E-state index contributed by atoms with van der Waals surface area (Å²) < 4.78 is 31.7. The quantitative estimate of drug-likeness (QED) is 0.749. The Morgan fingerprint density at radius 2 is 1.70 bits per heavy atom. The second-order valence-electron chi connectivity index (χ2n) is 7.63. The molecule has 0 aromatic carbocycles. The molecule has 10 heteroatoms. The van der Waals surface area contributed by atoms with Gasteiger partial charge in [-0.3, -0.25) is 14.6 Å². The van der Waals surface area contributed by atoms with E-state index in [2.05, 4.69) is 17.1 Å². The van der Waals surface area contributed by atoms with Gasteiger partial charge in [-0.15, -0.1) is 0 Å². The van der Waals surface area contributed by atoms with Gasteiger partial charge in [0.05, 0.1) is 5.92 Å². The van der Waals surface area contributed by atoms with Crippen LogP contribution in [0.2, 0.25) is 0 Å². The average Bonchev–Trinajstić information content (AvgIpc) is 3.42. The van der Waals surface area contributed by atoms with E-state index in [-0.39, 0.29) is 23.7 Å². The van der Waals surface area contributed by atoms with E-state index in [0.29, 0.717) is 19.0 Å². The number of likely N-dealkylation sites (tertiary alicyclic amines) is 2. The van der Waals surface area contributed by atoms with Gasteiger partial charge in [0.25, 0.3) is 0 Å². The number of rotatable bonds is 3. The lowest BCUT2D eigenvalue weighted by molar-refractivity contribution is -0.192. The number of pyridine rings is 1. The van der Waals surface area contributed by atoms with E-state index in [1.54, 1.807) is 12.4 Å². The van der Waals surface area contributed by atoms with Crippen molar-refractivity contribution >= 4 is 17.8 Å². The van der Waals surface area contributed by atoms with Gasteiger partial charge in [-0.1, -0.05) is 12.2 Å². The van der Waals surface area contributed by atoms with Crippen LogP contribution >= 0.6 is 0 Å². The number of carbonyl (C=O) groups excluding carboxylic acids is 2. The van der Waals surface area contributed by atoms with Gasteiger partial charge in [0.15, 0.2) is 0 Å². The molecule has 30 heavy (non-hydrogen) atoms. The Bertz CT molecular complexity index is 820. The Labute approximate surface area is 171 Å². The number of hydrogen-bond donors (Lipinski definition) is 1. The monoisotopic (exact) mass is 425 g/mol. The molecule has 1 N–H and O–H groups in total. The summed E-state index contributed by atoms with van der Waals surface area (Å²) in [5.74, 6) is -1.92. The highest BCUT2D eigenvalue weighted by molar-refractivity contribution is 5.85. The van der Waals surface area contributed by atoms with Crippen LogP contribution < -0.4 is 0 Å². The lowest BCUT2D eigenvalue weighted by atomic mass is 10.0. The number of alkyl halides is 3. The lowest BCUT2D eigenvalue weighted by Gasteiger charge is -2.24. The molecule has 3 heterocycles. The minimum atomic E-state index is -5.08. The van der Waals surface area contributed by atoms with Gasteiger partial charge in [0, 0.05) is 50.4 Å². The maximum Gasteiger partial charge on any atom is 0.490 e. The van der Waals surface area contributed by atoms with E-state index in [9.17, 15) is 22.8 Å². The van der Waals surface area contributed by atoms with E-state index in [1.165, 1.54) is 0 Å². The zero-order chi connectivity index (χ0) is 21.9. The Hall–Kier alpha value is -2.91. The number of carbonyl (C=O) groups is 3. The number of allylic oxidation sites excluding steroid dienone is 2. The van der Waals surface area contributed by atoms with Crippen LogP contribution in [0.1, 0.15) is 18.4 Å². The number of aromatic nitrogens is 1. The smallest absolute Gasteiger partial charge is 0.475 e. The van der Waals surface area contributed by atoms with Gasteiger partial charge in [-0.05, 0) is 30.5 Å². The van der Waals surface area contributed by atoms with Crippen LogP contribution in [-0.4, -0.2) is 63.5 Å². The number of nitrogens with zero attached hydrogens (tertiary/aromatic N) is 3. The van der Waals surface area contributed by atoms with Crippen molar-refractivity contribution in [2.45, 2.75) is 25.6 Å². The fraction of sp³-hybridized carbons (Fsp3) is 0.500. The standard InChI is InChI=1S/C18H21N3O2.C2HF3O2/c22-17(14-3-1-2-4-14)21-11-15-10-20(18(23)16(15)12-21)9-13-5-7-19-8-6-13;3-2(4,5)1(6)7/h1-2,5-8,14-16H,3-4,9-12H2;(H,6,7)/t15-,16+;/m1./s1. The lowest BCUT2D eigenvalue weighted by Crippen LogP contribution is -2.37. The predicted octanol–water partition coefficient (Wildman–Crippen LogP) is 2.10. The largest absolute Gasteiger partial charge is 0.490 e. The zero-order valence-corrected chi connectivity index (χ0v) is 16.1. The second kappa shape index (κ2) is 8.85. The minimum absolute atomic E-state index is 0.00449. The van der Waals surface area contributed by atoms with Gasteiger partial charge in [-0.2, -0.15) is 13.2 Å². The van der Waals surface area contributed by atoms with Crippen molar-refractivity contribution in [1.82, 2.24) is 14.8 Å². The van der Waals surface area contributed by atoms with Crippen LogP contribution in [0.25, 0.3) is 0 Å². The van der Waals surface area contributed by atoms with E-state index >= 15 is 0 Å². The highest BCUT2D eigenvalue weighted by Gasteiger charge is 2.47. The van der Waals surface area contributed by atoms with Crippen molar-refractivity contribution in [2.24, 2.45) is 17.8 Å². The number of fused-ring (bicyclic) bond motifs is 1. The van der Waals surface area contributed by atoms with Crippen LogP contribution in [0.4, 0.5) is 13.2 Å². The van der Waals surface area contributed by atoms with Gasteiger partial charge < -0.3 is 14.9 Å². The van der Waals surface area contributed by atoms with Crippen LogP contribution in [0.15, 0.2) is 36.7 Å². The fourth-order valence-electron chi connectivity index (χ4n) is 4.05. The fourth-order valence-corrected chi connectivity index (χ4v) is 4.05. The second-order valence-corrected chi connectivity index (χ2v) is 7.63.